The van der Waals surface area contributed by atoms with Crippen LogP contribution in [0.5, 0.6) is 0 Å². The van der Waals surface area contributed by atoms with E-state index in [1.54, 1.807) is 0 Å². The van der Waals surface area contributed by atoms with Crippen molar-refractivity contribution in [3.05, 3.63) is 224 Å². The molecule has 11 rings (SSSR count). The maximum Gasteiger partial charge on any atom is 0.179 e. The van der Waals surface area contributed by atoms with Gasteiger partial charge in [0.1, 0.15) is 11.2 Å². The summed E-state index contributed by atoms with van der Waals surface area (Å²) in [5, 5.41) is 10.2. The zero-order valence-corrected chi connectivity index (χ0v) is 32.2. The maximum atomic E-state index is 6.43. The molecule has 57 heavy (non-hydrogen) atoms. The Kier molecular flexibility index (Phi) is 7.87. The van der Waals surface area contributed by atoms with Gasteiger partial charge in [0.2, 0.25) is 0 Å². The average molecular weight is 744 g/mol. The summed E-state index contributed by atoms with van der Waals surface area (Å²) in [5.74, 6) is 0. The number of hydrogen-bond donors (Lipinski definition) is 0. The first kappa shape index (κ1) is 33.2. The molecule has 0 aliphatic rings. The molecule has 0 N–H and O–H groups in total. The van der Waals surface area contributed by atoms with E-state index in [1.807, 2.05) is 0 Å². The number of furan rings is 1. The van der Waals surface area contributed by atoms with Crippen LogP contribution in [0.4, 0.5) is 0 Å². The summed E-state index contributed by atoms with van der Waals surface area (Å²) >= 11 is 0. The smallest absolute Gasteiger partial charge is 0.179 e. The van der Waals surface area contributed by atoms with Crippen molar-refractivity contribution in [3.8, 4) is 27.9 Å². The van der Waals surface area contributed by atoms with Crippen molar-refractivity contribution in [2.24, 2.45) is 0 Å². The van der Waals surface area contributed by atoms with E-state index >= 15 is 0 Å². The molecule has 2 aromatic heterocycles. The topological polar surface area (TPSA) is 18.1 Å². The van der Waals surface area contributed by atoms with Crippen LogP contribution < -0.4 is 20.7 Å². The number of benzene rings is 9. The Morgan fingerprint density at radius 3 is 1.32 bits per heavy atom. The zero-order valence-electron chi connectivity index (χ0n) is 31.2. The number of rotatable bonds is 7. The number of fused-ring (bicyclic) bond motifs is 6. The summed E-state index contributed by atoms with van der Waals surface area (Å²) in [5.41, 5.74) is 10.0. The molecule has 0 bridgehead atoms. The van der Waals surface area contributed by atoms with Crippen LogP contribution in [0.15, 0.2) is 229 Å². The zero-order chi connectivity index (χ0) is 37.8. The Balaban J connectivity index is 1.03. The van der Waals surface area contributed by atoms with Crippen LogP contribution in [0, 0.1) is 0 Å². The summed E-state index contributed by atoms with van der Waals surface area (Å²) in [4.78, 5) is 0. The van der Waals surface area contributed by atoms with Crippen LogP contribution in [-0.2, 0) is 0 Å². The Hall–Kier alpha value is -7.20. The van der Waals surface area contributed by atoms with Crippen molar-refractivity contribution in [3.63, 3.8) is 0 Å². The Labute approximate surface area is 332 Å². The molecule has 11 aromatic rings. The van der Waals surface area contributed by atoms with Gasteiger partial charge in [-0.15, -0.1) is 0 Å². The molecule has 0 spiro atoms. The van der Waals surface area contributed by atoms with E-state index in [-0.39, 0.29) is 0 Å². The summed E-state index contributed by atoms with van der Waals surface area (Å²) in [6.45, 7) is 0. The van der Waals surface area contributed by atoms with Gasteiger partial charge in [-0.2, -0.15) is 0 Å². The third-order valence-electron chi connectivity index (χ3n) is 11.7. The lowest BCUT2D eigenvalue weighted by atomic mass is 9.98. The van der Waals surface area contributed by atoms with Gasteiger partial charge in [0.25, 0.3) is 0 Å². The van der Waals surface area contributed by atoms with Gasteiger partial charge in [-0.25, -0.2) is 0 Å². The van der Waals surface area contributed by atoms with Crippen LogP contribution in [0.3, 0.4) is 0 Å². The molecule has 0 amide bonds. The predicted molar refractivity (Wildman–Crippen MR) is 243 cm³/mol. The molecule has 0 aliphatic carbocycles. The molecule has 2 nitrogen and oxygen atoms in total. The van der Waals surface area contributed by atoms with E-state index in [0.717, 1.165) is 33.2 Å². The van der Waals surface area contributed by atoms with E-state index in [1.165, 1.54) is 59.2 Å². The Bertz CT molecular complexity index is 3080. The predicted octanol–water partition coefficient (Wildman–Crippen LogP) is 11.4. The van der Waals surface area contributed by atoms with Gasteiger partial charge in [0, 0.05) is 27.2 Å². The quantitative estimate of drug-likeness (QED) is 0.117. The molecule has 0 atom stereocenters. The van der Waals surface area contributed by atoms with Crippen LogP contribution >= 0.6 is 0 Å². The molecule has 9 aromatic carbocycles. The Morgan fingerprint density at radius 2 is 0.737 bits per heavy atom. The molecule has 0 unspecified atom stereocenters. The number of para-hydroxylation sites is 2. The van der Waals surface area contributed by atoms with Gasteiger partial charge in [-0.05, 0) is 91.5 Å². The van der Waals surface area contributed by atoms with Crippen molar-refractivity contribution in [2.45, 2.75) is 0 Å². The fraction of sp³-hybridized carbons (Fsp3) is 0. The first-order valence-corrected chi connectivity index (χ1v) is 21.6. The highest BCUT2D eigenvalue weighted by atomic mass is 28.3. The molecule has 268 valence electrons. The highest BCUT2D eigenvalue weighted by Crippen LogP contribution is 2.37. The maximum absolute atomic E-state index is 6.43. The summed E-state index contributed by atoms with van der Waals surface area (Å²) in [7, 11) is -2.66. The molecule has 0 fully saturated rings. The molecule has 3 heteroatoms. The minimum Gasteiger partial charge on any atom is -0.456 e. The van der Waals surface area contributed by atoms with Crippen molar-refractivity contribution >= 4 is 72.6 Å². The van der Waals surface area contributed by atoms with Gasteiger partial charge in [-0.3, -0.25) is 0 Å². The van der Waals surface area contributed by atoms with E-state index < -0.39 is 8.07 Å². The summed E-state index contributed by atoms with van der Waals surface area (Å²) in [6.07, 6.45) is 0. The minimum atomic E-state index is -2.66. The molecule has 0 aliphatic heterocycles. The third-order valence-corrected chi connectivity index (χ3v) is 16.5. The Morgan fingerprint density at radius 1 is 0.298 bits per heavy atom. The van der Waals surface area contributed by atoms with E-state index in [9.17, 15) is 0 Å². The first-order valence-electron chi connectivity index (χ1n) is 19.6. The van der Waals surface area contributed by atoms with Crippen LogP contribution in [0.1, 0.15) is 0 Å². The van der Waals surface area contributed by atoms with Crippen molar-refractivity contribution < 1.29 is 4.42 Å². The monoisotopic (exact) mass is 743 g/mol. The number of nitrogens with zero attached hydrogens (tertiary/aromatic N) is 1. The van der Waals surface area contributed by atoms with Crippen molar-refractivity contribution in [1.82, 2.24) is 4.57 Å². The molecule has 2 heterocycles. The second-order valence-electron chi connectivity index (χ2n) is 14.9. The van der Waals surface area contributed by atoms with Crippen molar-refractivity contribution in [2.75, 3.05) is 0 Å². The van der Waals surface area contributed by atoms with Gasteiger partial charge in [0.05, 0.1) is 11.0 Å². The number of hydrogen-bond acceptors (Lipinski definition) is 1. The largest absolute Gasteiger partial charge is 0.456 e. The molecule has 0 saturated heterocycles. The second kappa shape index (κ2) is 13.5. The standard InChI is InChI=1S/C54H37NOSi/c1-4-19-43(20-5-1)57(44-21-6-2-7-22-44,45-23-8-3-9-24-45)46-25-15-18-40(35-46)38-16-14-17-39(34-38)41-30-32-53-49(36-41)50-37-42(31-33-54(50)56-53)55-51-28-12-10-26-47(51)48-27-11-13-29-52(48)55/h1-37H. The third kappa shape index (κ3) is 5.39. The molecule has 0 radical (unpaired) electrons. The average Bonchev–Trinajstić information content (AvgIpc) is 3.83. The van der Waals surface area contributed by atoms with E-state index in [4.69, 9.17) is 4.42 Å². The molecule has 0 saturated carbocycles. The second-order valence-corrected chi connectivity index (χ2v) is 18.7. The summed E-state index contributed by atoms with van der Waals surface area (Å²) in [6, 6.07) is 82.1. The SMILES string of the molecule is c1ccc([Si](c2ccccc2)(c2ccccc2)c2cccc(-c3cccc(-c4ccc5oc6ccc(-n7c8ccccc8c8ccccc87)cc6c5c4)c3)c2)cc1. The highest BCUT2D eigenvalue weighted by Gasteiger charge is 2.41. The molecular weight excluding hydrogens is 707 g/mol. The van der Waals surface area contributed by atoms with Gasteiger partial charge < -0.3 is 8.98 Å². The lowest BCUT2D eigenvalue weighted by molar-refractivity contribution is 0.669. The first-order chi connectivity index (χ1) is 28.3. The fourth-order valence-corrected chi connectivity index (χ4v) is 14.0. The lowest BCUT2D eigenvalue weighted by Gasteiger charge is -2.34. The fourth-order valence-electron chi connectivity index (χ4n) is 9.16. The lowest BCUT2D eigenvalue weighted by Crippen LogP contribution is -2.74. The van der Waals surface area contributed by atoms with Gasteiger partial charge in [-0.1, -0.05) is 176 Å². The molecular formula is C54H37NOSi. The normalized spacial score (nSPS) is 11.9. The highest BCUT2D eigenvalue weighted by molar-refractivity contribution is 7.19. The van der Waals surface area contributed by atoms with Crippen LogP contribution in [0.2, 0.25) is 0 Å². The van der Waals surface area contributed by atoms with E-state index in [2.05, 4.69) is 229 Å². The summed E-state index contributed by atoms with van der Waals surface area (Å²) < 4.78 is 8.80. The van der Waals surface area contributed by atoms with Crippen LogP contribution in [-0.4, -0.2) is 12.6 Å². The van der Waals surface area contributed by atoms with Gasteiger partial charge >= 0.3 is 0 Å². The van der Waals surface area contributed by atoms with Crippen LogP contribution in [0.25, 0.3) is 71.7 Å². The van der Waals surface area contributed by atoms with Gasteiger partial charge in [0.15, 0.2) is 8.07 Å². The van der Waals surface area contributed by atoms with E-state index in [0.29, 0.717) is 0 Å². The minimum absolute atomic E-state index is 0.889. The van der Waals surface area contributed by atoms with Crippen molar-refractivity contribution in [1.29, 1.82) is 0 Å². The number of aromatic nitrogens is 1.